The molecule has 2 heterocycles. The molecule has 11 unspecified atom stereocenters. The molecule has 1 spiro atoms. The zero-order valence-electron chi connectivity index (χ0n) is 21.3. The second kappa shape index (κ2) is 7.18. The summed E-state index contributed by atoms with van der Waals surface area (Å²) in [4.78, 5) is 0. The molecule has 33 heavy (non-hydrogen) atoms. The number of hydrogen-bond acceptors (Lipinski definition) is 5. The number of rotatable bonds is 3. The van der Waals surface area contributed by atoms with Gasteiger partial charge in [-0.15, -0.1) is 0 Å². The van der Waals surface area contributed by atoms with Crippen molar-refractivity contribution in [1.29, 1.82) is 0 Å². The lowest BCUT2D eigenvalue weighted by atomic mass is 9.44. The summed E-state index contributed by atoms with van der Waals surface area (Å²) < 4.78 is 12.6. The second-order valence-corrected chi connectivity index (χ2v) is 14.1. The van der Waals surface area contributed by atoms with E-state index in [-0.39, 0.29) is 29.1 Å². The maximum atomic E-state index is 10.5. The smallest absolute Gasteiger partial charge is 0.160 e. The normalized spacial score (nSPS) is 58.7. The molecule has 2 saturated heterocycles. The minimum atomic E-state index is -0.921. The van der Waals surface area contributed by atoms with Crippen LogP contribution in [0.4, 0.5) is 0 Å². The average Bonchev–Trinajstić information content (AvgIpc) is 3.09. The molecule has 0 aromatic carbocycles. The molecular weight excluding hydrogens is 416 g/mol. The molecule has 4 aliphatic carbocycles. The molecule has 0 aromatic heterocycles. The van der Waals surface area contributed by atoms with Crippen LogP contribution in [-0.4, -0.2) is 51.1 Å². The first kappa shape index (κ1) is 23.2. The third-order valence-corrected chi connectivity index (χ3v) is 12.4. The van der Waals surface area contributed by atoms with Crippen LogP contribution in [0.15, 0.2) is 0 Å². The van der Waals surface area contributed by atoms with Gasteiger partial charge in [-0.25, -0.2) is 0 Å². The molecule has 3 N–H and O–H groups in total. The number of aliphatic hydroxyl groups is 3. The Morgan fingerprint density at radius 1 is 0.970 bits per heavy atom. The van der Waals surface area contributed by atoms with Gasteiger partial charge in [0.25, 0.3) is 0 Å². The van der Waals surface area contributed by atoms with Crippen LogP contribution >= 0.6 is 0 Å². The third kappa shape index (κ3) is 3.08. The molecule has 0 aromatic rings. The van der Waals surface area contributed by atoms with Gasteiger partial charge in [0, 0.05) is 17.8 Å². The van der Waals surface area contributed by atoms with Crippen molar-refractivity contribution in [2.24, 2.45) is 46.3 Å². The number of epoxide rings is 1. The Hall–Kier alpha value is -0.200. The lowest BCUT2D eigenvalue weighted by Crippen LogP contribution is -2.58. The molecule has 6 fully saturated rings. The van der Waals surface area contributed by atoms with Crippen molar-refractivity contribution in [1.82, 2.24) is 0 Å². The molecule has 0 amide bonds. The summed E-state index contributed by atoms with van der Waals surface area (Å²) in [6.45, 7) is 11.0. The van der Waals surface area contributed by atoms with E-state index in [9.17, 15) is 15.3 Å². The minimum absolute atomic E-state index is 0.0258. The van der Waals surface area contributed by atoms with Crippen LogP contribution in [0.3, 0.4) is 0 Å². The van der Waals surface area contributed by atoms with Crippen molar-refractivity contribution in [2.75, 3.05) is 0 Å². The van der Waals surface area contributed by atoms with Gasteiger partial charge in [-0.1, -0.05) is 20.8 Å². The van der Waals surface area contributed by atoms with Crippen molar-refractivity contribution < 1.29 is 24.8 Å². The Kier molecular flexibility index (Phi) is 5.05. The van der Waals surface area contributed by atoms with E-state index in [1.54, 1.807) is 13.8 Å². The van der Waals surface area contributed by atoms with Crippen LogP contribution in [0.1, 0.15) is 92.4 Å². The van der Waals surface area contributed by atoms with Gasteiger partial charge in [0.15, 0.2) is 6.29 Å². The quantitative estimate of drug-likeness (QED) is 0.546. The number of aliphatic hydroxyl groups excluding tert-OH is 2. The van der Waals surface area contributed by atoms with Crippen LogP contribution in [0, 0.1) is 46.3 Å². The fourth-order valence-corrected chi connectivity index (χ4v) is 10.5. The Morgan fingerprint density at radius 2 is 1.73 bits per heavy atom. The van der Waals surface area contributed by atoms with Gasteiger partial charge in [-0.05, 0) is 100 Å². The van der Waals surface area contributed by atoms with Crippen molar-refractivity contribution in [3.63, 3.8) is 0 Å². The van der Waals surface area contributed by atoms with E-state index >= 15 is 0 Å². The number of fused-ring (bicyclic) bond motifs is 4. The molecule has 0 bridgehead atoms. The monoisotopic (exact) mass is 462 g/mol. The van der Waals surface area contributed by atoms with E-state index < -0.39 is 11.9 Å². The molecule has 2 aliphatic heterocycles. The Labute approximate surface area is 199 Å². The van der Waals surface area contributed by atoms with Crippen LogP contribution in [-0.2, 0) is 9.47 Å². The van der Waals surface area contributed by atoms with Crippen LogP contribution in [0.5, 0.6) is 0 Å². The summed E-state index contributed by atoms with van der Waals surface area (Å²) in [6.07, 6.45) is 9.28. The summed E-state index contributed by atoms with van der Waals surface area (Å²) in [6, 6.07) is 0. The van der Waals surface area contributed by atoms with E-state index in [0.29, 0.717) is 23.4 Å². The highest BCUT2D eigenvalue weighted by Gasteiger charge is 2.76. The predicted octanol–water partition coefficient (Wildman–Crippen LogP) is 4.27. The SMILES string of the molecule is CC(C1CC(C(C)(C)O)C(O)O1)C1CCC2C3C[C@H]4O[C@]45CC(O)CCC5(C)C3CCC12C. The third-order valence-electron chi connectivity index (χ3n) is 12.4. The van der Waals surface area contributed by atoms with Gasteiger partial charge in [0.1, 0.15) is 5.60 Å². The highest BCUT2D eigenvalue weighted by atomic mass is 16.6. The summed E-state index contributed by atoms with van der Waals surface area (Å²) in [5.74, 6) is 2.98. The summed E-state index contributed by atoms with van der Waals surface area (Å²) in [5, 5.41) is 31.4. The molecule has 4 saturated carbocycles. The van der Waals surface area contributed by atoms with Crippen molar-refractivity contribution >= 4 is 0 Å². The zero-order chi connectivity index (χ0) is 23.6. The van der Waals surface area contributed by atoms with Gasteiger partial charge in [0.2, 0.25) is 0 Å². The first-order valence-electron chi connectivity index (χ1n) is 13.8. The summed E-state index contributed by atoms with van der Waals surface area (Å²) in [7, 11) is 0. The maximum Gasteiger partial charge on any atom is 0.160 e. The van der Waals surface area contributed by atoms with E-state index in [0.717, 1.165) is 43.4 Å². The van der Waals surface area contributed by atoms with Crippen LogP contribution in [0.2, 0.25) is 0 Å². The average molecular weight is 463 g/mol. The van der Waals surface area contributed by atoms with E-state index in [4.69, 9.17) is 9.47 Å². The van der Waals surface area contributed by atoms with Gasteiger partial charge in [0.05, 0.1) is 23.9 Å². The second-order valence-electron chi connectivity index (χ2n) is 14.1. The maximum absolute atomic E-state index is 10.5. The summed E-state index contributed by atoms with van der Waals surface area (Å²) in [5.41, 5.74) is -0.411. The molecule has 6 aliphatic rings. The van der Waals surface area contributed by atoms with Crippen molar-refractivity contribution in [3.05, 3.63) is 0 Å². The van der Waals surface area contributed by atoms with Crippen LogP contribution in [0.25, 0.3) is 0 Å². The molecule has 5 heteroatoms. The minimum Gasteiger partial charge on any atom is -0.393 e. The molecule has 6 rings (SSSR count). The molecule has 13 atom stereocenters. The lowest BCUT2D eigenvalue weighted by Gasteiger charge is -2.59. The number of hydrogen-bond donors (Lipinski definition) is 3. The van der Waals surface area contributed by atoms with E-state index in [1.807, 2.05) is 0 Å². The number of ether oxygens (including phenoxy) is 2. The van der Waals surface area contributed by atoms with E-state index in [2.05, 4.69) is 20.8 Å². The lowest BCUT2D eigenvalue weighted by molar-refractivity contribution is -0.156. The molecule has 5 nitrogen and oxygen atoms in total. The fraction of sp³-hybridized carbons (Fsp3) is 1.00. The Morgan fingerprint density at radius 3 is 2.42 bits per heavy atom. The topological polar surface area (TPSA) is 82.5 Å². The van der Waals surface area contributed by atoms with Gasteiger partial charge >= 0.3 is 0 Å². The Balaban J connectivity index is 1.22. The first-order chi connectivity index (χ1) is 15.4. The molecule has 0 radical (unpaired) electrons. The van der Waals surface area contributed by atoms with E-state index in [1.165, 1.54) is 32.1 Å². The van der Waals surface area contributed by atoms with Gasteiger partial charge < -0.3 is 24.8 Å². The Bertz CT molecular complexity index is 794. The van der Waals surface area contributed by atoms with Gasteiger partial charge in [-0.2, -0.15) is 0 Å². The largest absolute Gasteiger partial charge is 0.393 e. The summed E-state index contributed by atoms with van der Waals surface area (Å²) >= 11 is 0. The predicted molar refractivity (Wildman–Crippen MR) is 125 cm³/mol. The molecular formula is C28H46O5. The molecule has 188 valence electrons. The first-order valence-corrected chi connectivity index (χ1v) is 13.8. The highest BCUT2D eigenvalue weighted by molar-refractivity contribution is 5.24. The van der Waals surface area contributed by atoms with Crippen molar-refractivity contribution in [3.8, 4) is 0 Å². The highest BCUT2D eigenvalue weighted by Crippen LogP contribution is 2.74. The van der Waals surface area contributed by atoms with Crippen molar-refractivity contribution in [2.45, 2.75) is 128 Å². The zero-order valence-corrected chi connectivity index (χ0v) is 21.3. The fourth-order valence-electron chi connectivity index (χ4n) is 10.5. The van der Waals surface area contributed by atoms with Crippen LogP contribution < -0.4 is 0 Å². The van der Waals surface area contributed by atoms with Gasteiger partial charge in [-0.3, -0.25) is 0 Å². The standard InChI is InChI=1S/C28H46O5/c1-15(22-13-21(24(30)32-22)25(2,3)31)18-6-7-19-17-12-23-28(33-23)14-16(29)8-11-27(28,5)20(17)9-10-26(18,19)4/h15-24,29-31H,6-14H2,1-5H3/t15?,16?,17?,18?,19?,20?,21?,22?,23-,24?,26?,27?,28-/m1/s1.